The molecule has 102 valence electrons. The molecular weight excluding hydrogens is 238 g/mol. The summed E-state index contributed by atoms with van der Waals surface area (Å²) in [5.74, 6) is -0.228. The first-order valence-corrected chi connectivity index (χ1v) is 7.16. The molecule has 1 aliphatic heterocycles. The van der Waals surface area contributed by atoms with Crippen molar-refractivity contribution >= 4 is 5.97 Å². The molecule has 1 aliphatic carbocycles. The second-order valence-corrected chi connectivity index (χ2v) is 6.16. The number of hydrogen-bond acceptors (Lipinski definition) is 2. The van der Waals surface area contributed by atoms with E-state index in [4.69, 9.17) is 5.11 Å². The van der Waals surface area contributed by atoms with Gasteiger partial charge in [0.25, 0.3) is 0 Å². The fraction of sp³-hybridized carbons (Fsp3) is 0.562. The van der Waals surface area contributed by atoms with Crippen molar-refractivity contribution in [2.75, 3.05) is 13.1 Å². The minimum Gasteiger partial charge on any atom is -0.481 e. The van der Waals surface area contributed by atoms with Crippen LogP contribution in [-0.2, 0) is 11.2 Å². The molecule has 3 heteroatoms. The standard InChI is InChI=1S/C16H21NO2/c1-10(2)11-3-5-14-12(7-11)4-6-15(14)17-8-13(9-17)16(18)19/h3,5,7,10,13,15H,4,6,8-9H2,1-2H3,(H,18,19). The molecule has 0 aromatic heterocycles. The lowest BCUT2D eigenvalue weighted by Crippen LogP contribution is -2.51. The molecule has 19 heavy (non-hydrogen) atoms. The number of hydrogen-bond donors (Lipinski definition) is 1. The summed E-state index contributed by atoms with van der Waals surface area (Å²) in [6, 6.07) is 7.29. The fourth-order valence-corrected chi connectivity index (χ4v) is 3.28. The second-order valence-electron chi connectivity index (χ2n) is 6.16. The third kappa shape index (κ3) is 2.16. The lowest BCUT2D eigenvalue weighted by molar-refractivity contribution is -0.148. The largest absolute Gasteiger partial charge is 0.481 e. The summed E-state index contributed by atoms with van der Waals surface area (Å²) in [4.78, 5) is 13.2. The Kier molecular flexibility index (Phi) is 3.09. The number of likely N-dealkylation sites (tertiary alicyclic amines) is 1. The quantitative estimate of drug-likeness (QED) is 0.907. The van der Waals surface area contributed by atoms with E-state index in [9.17, 15) is 4.79 Å². The van der Waals surface area contributed by atoms with E-state index < -0.39 is 5.97 Å². The normalized spacial score (nSPS) is 23.4. The average Bonchev–Trinajstić information content (AvgIpc) is 2.69. The van der Waals surface area contributed by atoms with E-state index >= 15 is 0 Å². The first-order valence-electron chi connectivity index (χ1n) is 7.16. The van der Waals surface area contributed by atoms with Crippen molar-refractivity contribution in [1.82, 2.24) is 4.90 Å². The summed E-state index contributed by atoms with van der Waals surface area (Å²) in [6.45, 7) is 5.87. The Labute approximate surface area is 114 Å². The molecule has 0 radical (unpaired) electrons. The van der Waals surface area contributed by atoms with Crippen LogP contribution in [0, 0.1) is 5.92 Å². The van der Waals surface area contributed by atoms with Gasteiger partial charge in [0.05, 0.1) is 5.92 Å². The molecule has 0 amide bonds. The minimum absolute atomic E-state index is 0.154. The maximum absolute atomic E-state index is 10.9. The van der Waals surface area contributed by atoms with Gasteiger partial charge < -0.3 is 5.11 Å². The number of carboxylic acid groups (broad SMARTS) is 1. The van der Waals surface area contributed by atoms with Gasteiger partial charge in [-0.15, -0.1) is 0 Å². The van der Waals surface area contributed by atoms with E-state index in [-0.39, 0.29) is 5.92 Å². The van der Waals surface area contributed by atoms with Crippen LogP contribution in [0.25, 0.3) is 0 Å². The maximum atomic E-state index is 10.9. The molecule has 1 unspecified atom stereocenters. The maximum Gasteiger partial charge on any atom is 0.309 e. The van der Waals surface area contributed by atoms with E-state index in [1.807, 2.05) is 0 Å². The Balaban J connectivity index is 1.75. The average molecular weight is 259 g/mol. The Morgan fingerprint density at radius 1 is 1.37 bits per heavy atom. The van der Waals surface area contributed by atoms with Gasteiger partial charge in [0, 0.05) is 19.1 Å². The SMILES string of the molecule is CC(C)c1ccc2c(c1)CCC2N1CC(C(=O)O)C1. The summed E-state index contributed by atoms with van der Waals surface area (Å²) in [7, 11) is 0. The van der Waals surface area contributed by atoms with Gasteiger partial charge in [-0.1, -0.05) is 32.0 Å². The Hall–Kier alpha value is -1.35. The fourth-order valence-electron chi connectivity index (χ4n) is 3.28. The number of carbonyl (C=O) groups is 1. The molecular formula is C16H21NO2. The number of carboxylic acids is 1. The third-order valence-corrected chi connectivity index (χ3v) is 4.58. The highest BCUT2D eigenvalue weighted by atomic mass is 16.4. The zero-order chi connectivity index (χ0) is 13.6. The first-order chi connectivity index (χ1) is 9.06. The van der Waals surface area contributed by atoms with Gasteiger partial charge >= 0.3 is 5.97 Å². The topological polar surface area (TPSA) is 40.5 Å². The minimum atomic E-state index is -0.648. The van der Waals surface area contributed by atoms with E-state index in [0.29, 0.717) is 25.0 Å². The predicted octanol–water partition coefficient (Wildman–Crippen LogP) is 2.81. The van der Waals surface area contributed by atoms with Crippen LogP contribution in [0.4, 0.5) is 0 Å². The van der Waals surface area contributed by atoms with Crippen LogP contribution in [0.3, 0.4) is 0 Å². The molecule has 3 rings (SSSR count). The molecule has 1 N–H and O–H groups in total. The summed E-state index contributed by atoms with van der Waals surface area (Å²) >= 11 is 0. The zero-order valence-electron chi connectivity index (χ0n) is 11.6. The van der Waals surface area contributed by atoms with Crippen LogP contribution in [0.15, 0.2) is 18.2 Å². The van der Waals surface area contributed by atoms with Crippen LogP contribution in [0.1, 0.15) is 48.9 Å². The Morgan fingerprint density at radius 3 is 2.74 bits per heavy atom. The van der Waals surface area contributed by atoms with Gasteiger partial charge in [-0.05, 0) is 35.4 Å². The predicted molar refractivity (Wildman–Crippen MR) is 74.3 cm³/mol. The van der Waals surface area contributed by atoms with E-state index in [0.717, 1.165) is 12.8 Å². The lowest BCUT2D eigenvalue weighted by atomic mass is 9.94. The molecule has 1 fully saturated rings. The molecule has 1 aromatic rings. The van der Waals surface area contributed by atoms with Crippen molar-refractivity contribution in [3.8, 4) is 0 Å². The van der Waals surface area contributed by atoms with Crippen LogP contribution in [-0.4, -0.2) is 29.1 Å². The van der Waals surface area contributed by atoms with Crippen molar-refractivity contribution in [2.24, 2.45) is 5.92 Å². The summed E-state index contributed by atoms with van der Waals surface area (Å²) < 4.78 is 0. The molecule has 0 bridgehead atoms. The summed E-state index contributed by atoms with van der Waals surface area (Å²) in [5, 5.41) is 8.96. The molecule has 2 aliphatic rings. The van der Waals surface area contributed by atoms with Gasteiger partial charge in [-0.25, -0.2) is 0 Å². The van der Waals surface area contributed by atoms with E-state index in [2.05, 4.69) is 36.9 Å². The Morgan fingerprint density at radius 2 is 2.11 bits per heavy atom. The second kappa shape index (κ2) is 4.64. The van der Waals surface area contributed by atoms with Crippen LogP contribution >= 0.6 is 0 Å². The molecule has 1 atom stereocenters. The first kappa shape index (κ1) is 12.7. The highest BCUT2D eigenvalue weighted by Crippen LogP contribution is 2.40. The monoisotopic (exact) mass is 259 g/mol. The smallest absolute Gasteiger partial charge is 0.309 e. The number of benzene rings is 1. The van der Waals surface area contributed by atoms with Gasteiger partial charge in [-0.3, -0.25) is 9.69 Å². The number of aliphatic carboxylic acids is 1. The summed E-state index contributed by atoms with van der Waals surface area (Å²) in [6.07, 6.45) is 2.28. The van der Waals surface area contributed by atoms with Crippen molar-refractivity contribution in [3.63, 3.8) is 0 Å². The number of aryl methyl sites for hydroxylation is 1. The van der Waals surface area contributed by atoms with Crippen molar-refractivity contribution in [2.45, 2.75) is 38.6 Å². The third-order valence-electron chi connectivity index (χ3n) is 4.58. The van der Waals surface area contributed by atoms with Crippen LogP contribution in [0.2, 0.25) is 0 Å². The number of nitrogens with zero attached hydrogens (tertiary/aromatic N) is 1. The molecule has 1 saturated heterocycles. The van der Waals surface area contributed by atoms with Crippen molar-refractivity contribution < 1.29 is 9.90 Å². The zero-order valence-corrected chi connectivity index (χ0v) is 11.6. The molecule has 3 nitrogen and oxygen atoms in total. The van der Waals surface area contributed by atoms with Gasteiger partial charge in [0.15, 0.2) is 0 Å². The van der Waals surface area contributed by atoms with Gasteiger partial charge in [0.2, 0.25) is 0 Å². The van der Waals surface area contributed by atoms with Gasteiger partial charge in [0.1, 0.15) is 0 Å². The molecule has 1 heterocycles. The summed E-state index contributed by atoms with van der Waals surface area (Å²) in [5.41, 5.74) is 4.30. The molecule has 0 saturated carbocycles. The Bertz CT molecular complexity index is 503. The highest BCUT2D eigenvalue weighted by Gasteiger charge is 2.39. The number of rotatable bonds is 3. The van der Waals surface area contributed by atoms with Gasteiger partial charge in [-0.2, -0.15) is 0 Å². The van der Waals surface area contributed by atoms with Crippen LogP contribution in [0.5, 0.6) is 0 Å². The lowest BCUT2D eigenvalue weighted by Gasteiger charge is -2.41. The molecule has 1 aromatic carbocycles. The van der Waals surface area contributed by atoms with E-state index in [1.165, 1.54) is 16.7 Å². The van der Waals surface area contributed by atoms with E-state index in [1.54, 1.807) is 0 Å². The highest BCUT2D eigenvalue weighted by molar-refractivity contribution is 5.71. The van der Waals surface area contributed by atoms with Crippen LogP contribution < -0.4 is 0 Å². The molecule has 0 spiro atoms. The number of fused-ring (bicyclic) bond motifs is 1. The van der Waals surface area contributed by atoms with Crippen molar-refractivity contribution in [3.05, 3.63) is 34.9 Å². The van der Waals surface area contributed by atoms with Crippen molar-refractivity contribution in [1.29, 1.82) is 0 Å².